The van der Waals surface area contributed by atoms with Crippen LogP contribution in [0.5, 0.6) is 0 Å². The Morgan fingerprint density at radius 3 is 2.20 bits per heavy atom. The molecule has 2 aliphatic heterocycles. The molecule has 2 N–H and O–H groups in total. The fourth-order valence-electron chi connectivity index (χ4n) is 3.90. The van der Waals surface area contributed by atoms with Crippen molar-refractivity contribution in [2.45, 2.75) is 32.7 Å². The summed E-state index contributed by atoms with van der Waals surface area (Å²) in [6.45, 7) is 6.13. The van der Waals surface area contributed by atoms with Crippen molar-refractivity contribution in [3.63, 3.8) is 0 Å². The molecular formula is C23H24N4O3. The average molecular weight is 404 g/mol. The van der Waals surface area contributed by atoms with E-state index in [1.165, 1.54) is 4.90 Å². The Kier molecular flexibility index (Phi) is 4.89. The number of nitrogens with one attached hydrogen (secondary N) is 2. The first-order chi connectivity index (χ1) is 14.3. The molecule has 2 heterocycles. The summed E-state index contributed by atoms with van der Waals surface area (Å²) in [5, 5.41) is 7.50. The summed E-state index contributed by atoms with van der Waals surface area (Å²) >= 11 is 0. The summed E-state index contributed by atoms with van der Waals surface area (Å²) in [6, 6.07) is 14.7. The molecule has 0 bridgehead atoms. The van der Waals surface area contributed by atoms with E-state index in [0.29, 0.717) is 24.1 Å². The van der Waals surface area contributed by atoms with Crippen LogP contribution in [-0.2, 0) is 4.79 Å². The van der Waals surface area contributed by atoms with Gasteiger partial charge in [-0.25, -0.2) is 5.43 Å². The number of hydrogen-bond acceptors (Lipinski definition) is 5. The van der Waals surface area contributed by atoms with Crippen LogP contribution in [-0.4, -0.2) is 40.4 Å². The lowest BCUT2D eigenvalue weighted by Crippen LogP contribution is -2.51. The maximum atomic E-state index is 12.8. The number of hydrogen-bond donors (Lipinski definition) is 2. The Hall–Kier alpha value is -3.48. The molecule has 0 saturated heterocycles. The Balaban J connectivity index is 1.45. The number of amides is 3. The maximum absolute atomic E-state index is 12.8. The van der Waals surface area contributed by atoms with Crippen LogP contribution in [0.15, 0.2) is 53.6 Å². The molecule has 2 aromatic rings. The van der Waals surface area contributed by atoms with Gasteiger partial charge < -0.3 is 5.32 Å². The fourth-order valence-corrected chi connectivity index (χ4v) is 3.90. The highest BCUT2D eigenvalue weighted by Gasteiger charge is 2.43. The molecule has 7 heteroatoms. The monoisotopic (exact) mass is 404 g/mol. The first kappa shape index (κ1) is 19.8. The highest BCUT2D eigenvalue weighted by Crippen LogP contribution is 2.29. The van der Waals surface area contributed by atoms with Gasteiger partial charge in [-0.3, -0.25) is 19.3 Å². The summed E-state index contributed by atoms with van der Waals surface area (Å²) in [5.74, 6) is -0.529. The lowest BCUT2D eigenvalue weighted by Gasteiger charge is -2.34. The van der Waals surface area contributed by atoms with Crippen molar-refractivity contribution < 1.29 is 14.4 Å². The molecule has 30 heavy (non-hydrogen) atoms. The predicted molar refractivity (Wildman–Crippen MR) is 114 cm³/mol. The first-order valence-corrected chi connectivity index (χ1v) is 9.96. The van der Waals surface area contributed by atoms with Crippen LogP contribution in [0.25, 0.3) is 0 Å². The van der Waals surface area contributed by atoms with Crippen LogP contribution in [0, 0.1) is 5.92 Å². The summed E-state index contributed by atoms with van der Waals surface area (Å²) in [5.41, 5.74) is 5.41. The molecule has 2 aliphatic rings. The number of nitrogens with zero attached hydrogens (tertiary/aromatic N) is 2. The zero-order valence-electron chi connectivity index (χ0n) is 17.2. The maximum Gasteiger partial charge on any atom is 0.262 e. The number of imide groups is 1. The van der Waals surface area contributed by atoms with E-state index >= 15 is 0 Å². The van der Waals surface area contributed by atoms with E-state index in [4.69, 9.17) is 0 Å². The van der Waals surface area contributed by atoms with Crippen LogP contribution in [0.4, 0.5) is 5.69 Å². The first-order valence-electron chi connectivity index (χ1n) is 9.96. The van der Waals surface area contributed by atoms with E-state index in [1.807, 2.05) is 45.0 Å². The van der Waals surface area contributed by atoms with Gasteiger partial charge in [0.2, 0.25) is 5.91 Å². The Morgan fingerprint density at radius 1 is 1.03 bits per heavy atom. The smallest absolute Gasteiger partial charge is 0.262 e. The Bertz CT molecular complexity index is 1020. The van der Waals surface area contributed by atoms with Crippen LogP contribution in [0.2, 0.25) is 0 Å². The van der Waals surface area contributed by atoms with E-state index in [1.54, 1.807) is 24.3 Å². The Morgan fingerprint density at radius 2 is 1.63 bits per heavy atom. The third kappa shape index (κ3) is 3.47. The summed E-state index contributed by atoms with van der Waals surface area (Å²) < 4.78 is 0. The van der Waals surface area contributed by atoms with Crippen molar-refractivity contribution in [3.05, 3.63) is 65.2 Å². The van der Waals surface area contributed by atoms with E-state index < -0.39 is 5.54 Å². The second kappa shape index (κ2) is 7.40. The van der Waals surface area contributed by atoms with E-state index in [9.17, 15) is 14.4 Å². The van der Waals surface area contributed by atoms with Gasteiger partial charge in [0.25, 0.3) is 11.8 Å². The van der Waals surface area contributed by atoms with Crippen molar-refractivity contribution in [1.29, 1.82) is 0 Å². The molecule has 3 amide bonds. The van der Waals surface area contributed by atoms with E-state index in [0.717, 1.165) is 17.0 Å². The normalized spacial score (nSPS) is 18.8. The van der Waals surface area contributed by atoms with Gasteiger partial charge in [0.15, 0.2) is 0 Å². The number of fused-ring (bicyclic) bond motifs is 1. The summed E-state index contributed by atoms with van der Waals surface area (Å²) in [4.78, 5) is 38.3. The molecule has 2 aromatic carbocycles. The van der Waals surface area contributed by atoms with Crippen LogP contribution < -0.4 is 10.7 Å². The molecule has 154 valence electrons. The lowest BCUT2D eigenvalue weighted by atomic mass is 9.94. The van der Waals surface area contributed by atoms with Gasteiger partial charge in [0, 0.05) is 24.6 Å². The lowest BCUT2D eigenvalue weighted by molar-refractivity contribution is -0.121. The fraction of sp³-hybridized carbons (Fsp3) is 0.304. The number of carbonyl (C=O) groups is 3. The van der Waals surface area contributed by atoms with Crippen molar-refractivity contribution in [1.82, 2.24) is 10.3 Å². The minimum atomic E-state index is -0.710. The second-order valence-electron chi connectivity index (χ2n) is 8.37. The zero-order valence-corrected chi connectivity index (χ0v) is 17.2. The van der Waals surface area contributed by atoms with Crippen molar-refractivity contribution in [3.8, 4) is 0 Å². The minimum absolute atomic E-state index is 0.0605. The van der Waals surface area contributed by atoms with Gasteiger partial charge >= 0.3 is 0 Å². The SMILES string of the molecule is C[C@@H]1CC(=O)NN=C1c1ccc(NCC(C)(C)N2C(=O)c3ccccc3C2=O)cc1. The minimum Gasteiger partial charge on any atom is -0.383 e. The molecule has 7 nitrogen and oxygen atoms in total. The van der Waals surface area contributed by atoms with Crippen molar-refractivity contribution >= 4 is 29.1 Å². The molecule has 0 aliphatic carbocycles. The van der Waals surface area contributed by atoms with Gasteiger partial charge in [-0.05, 0) is 43.7 Å². The molecular weight excluding hydrogens is 380 g/mol. The molecule has 1 atom stereocenters. The molecule has 0 unspecified atom stereocenters. The Labute approximate surface area is 175 Å². The van der Waals surface area contributed by atoms with E-state index in [2.05, 4.69) is 15.8 Å². The average Bonchev–Trinajstić information content (AvgIpc) is 2.98. The second-order valence-corrected chi connectivity index (χ2v) is 8.37. The number of carbonyl (C=O) groups excluding carboxylic acids is 3. The van der Waals surface area contributed by atoms with Crippen LogP contribution >= 0.6 is 0 Å². The molecule has 0 radical (unpaired) electrons. The summed E-state index contributed by atoms with van der Waals surface area (Å²) in [6.07, 6.45) is 0.424. The van der Waals surface area contributed by atoms with E-state index in [-0.39, 0.29) is 23.6 Å². The number of anilines is 1. The number of rotatable bonds is 5. The topological polar surface area (TPSA) is 90.9 Å². The van der Waals surface area contributed by atoms with Crippen molar-refractivity contribution in [2.24, 2.45) is 11.0 Å². The zero-order chi connectivity index (χ0) is 21.5. The molecule has 0 fully saturated rings. The van der Waals surface area contributed by atoms with Gasteiger partial charge in [0.05, 0.1) is 22.4 Å². The van der Waals surface area contributed by atoms with Crippen molar-refractivity contribution in [2.75, 3.05) is 11.9 Å². The third-order valence-corrected chi connectivity index (χ3v) is 5.56. The van der Waals surface area contributed by atoms with Gasteiger partial charge in [-0.2, -0.15) is 5.10 Å². The highest BCUT2D eigenvalue weighted by molar-refractivity contribution is 6.21. The molecule has 0 spiro atoms. The van der Waals surface area contributed by atoms with Gasteiger partial charge in [0.1, 0.15) is 0 Å². The largest absolute Gasteiger partial charge is 0.383 e. The predicted octanol–water partition coefficient (Wildman–Crippen LogP) is 3.03. The highest BCUT2D eigenvalue weighted by atomic mass is 16.2. The third-order valence-electron chi connectivity index (χ3n) is 5.56. The van der Waals surface area contributed by atoms with Gasteiger partial charge in [-0.1, -0.05) is 31.2 Å². The molecule has 4 rings (SSSR count). The standard InChI is InChI=1S/C23H24N4O3/c1-14-12-19(28)25-26-20(14)15-8-10-16(11-9-15)24-13-23(2,3)27-21(29)17-6-4-5-7-18(17)22(27)30/h4-11,14,24H,12-13H2,1-3H3,(H,25,28)/t14-/m1/s1. The van der Waals surface area contributed by atoms with Gasteiger partial charge in [-0.15, -0.1) is 0 Å². The summed E-state index contributed by atoms with van der Waals surface area (Å²) in [7, 11) is 0. The quantitative estimate of drug-likeness (QED) is 0.750. The van der Waals surface area contributed by atoms with Crippen LogP contribution in [0.1, 0.15) is 53.5 Å². The molecule has 0 aromatic heterocycles. The number of benzene rings is 2. The number of hydrazone groups is 1. The van der Waals surface area contributed by atoms with Crippen LogP contribution in [0.3, 0.4) is 0 Å². The molecule has 0 saturated carbocycles.